The zero-order valence-electron chi connectivity index (χ0n) is 14.3. The summed E-state index contributed by atoms with van der Waals surface area (Å²) in [6, 6.07) is 3.68. The van der Waals surface area contributed by atoms with Crippen LogP contribution in [0.2, 0.25) is 0 Å². The van der Waals surface area contributed by atoms with Crippen LogP contribution in [0.25, 0.3) is 0 Å². The third-order valence-electron chi connectivity index (χ3n) is 4.24. The highest BCUT2D eigenvalue weighted by molar-refractivity contribution is 5.76. The lowest BCUT2D eigenvalue weighted by molar-refractivity contribution is -0.130. The van der Waals surface area contributed by atoms with Crippen LogP contribution in [0.5, 0.6) is 5.88 Å². The molecule has 0 bridgehead atoms. The normalized spacial score (nSPS) is 17.3. The molecule has 0 aromatic carbocycles. The number of carbonyl (C=O) groups excluding carboxylic acids is 1. The van der Waals surface area contributed by atoms with Gasteiger partial charge in [-0.25, -0.2) is 9.97 Å². The number of amides is 1. The van der Waals surface area contributed by atoms with Gasteiger partial charge in [0.2, 0.25) is 5.91 Å². The fourth-order valence-electron chi connectivity index (χ4n) is 3.03. The van der Waals surface area contributed by atoms with E-state index in [2.05, 4.69) is 15.1 Å². The van der Waals surface area contributed by atoms with Crippen molar-refractivity contribution in [2.75, 3.05) is 20.2 Å². The number of hydrogen-bond acceptors (Lipinski definition) is 6. The predicted octanol–water partition coefficient (Wildman–Crippen LogP) is 2.04. The molecule has 2 aromatic rings. The standard InChI is InChI=1S/C17H22N4O3/c1-11-8-12(2)19-17(18-11)13-6-7-21(10-13)16(22)5-4-14-9-15(23-3)20-24-14/h8-9,13H,4-7,10H2,1-3H3. The van der Waals surface area contributed by atoms with Gasteiger partial charge in [0.05, 0.1) is 7.11 Å². The van der Waals surface area contributed by atoms with Crippen LogP contribution in [0.15, 0.2) is 16.7 Å². The summed E-state index contributed by atoms with van der Waals surface area (Å²) in [6.07, 6.45) is 1.83. The minimum atomic E-state index is 0.122. The first-order chi connectivity index (χ1) is 11.5. The number of methoxy groups -OCH3 is 1. The van der Waals surface area contributed by atoms with Gasteiger partial charge in [0, 0.05) is 49.3 Å². The molecular formula is C17H22N4O3. The van der Waals surface area contributed by atoms with Gasteiger partial charge in [-0.1, -0.05) is 0 Å². The molecule has 7 nitrogen and oxygen atoms in total. The Morgan fingerprint density at radius 1 is 1.33 bits per heavy atom. The molecule has 1 fully saturated rings. The van der Waals surface area contributed by atoms with Crippen LogP contribution in [0.1, 0.15) is 41.7 Å². The van der Waals surface area contributed by atoms with E-state index >= 15 is 0 Å². The molecule has 0 spiro atoms. The van der Waals surface area contributed by atoms with Crippen LogP contribution in [-0.2, 0) is 11.2 Å². The van der Waals surface area contributed by atoms with Crippen LogP contribution in [0.4, 0.5) is 0 Å². The Kier molecular flexibility index (Phi) is 4.78. The van der Waals surface area contributed by atoms with Gasteiger partial charge in [0.15, 0.2) is 0 Å². The van der Waals surface area contributed by atoms with Gasteiger partial charge in [0.1, 0.15) is 11.6 Å². The Labute approximate surface area is 141 Å². The Hall–Kier alpha value is -2.44. The maximum absolute atomic E-state index is 12.4. The molecule has 1 unspecified atom stereocenters. The molecule has 0 radical (unpaired) electrons. The Morgan fingerprint density at radius 2 is 2.08 bits per heavy atom. The summed E-state index contributed by atoms with van der Waals surface area (Å²) in [5.41, 5.74) is 1.95. The molecule has 1 aliphatic heterocycles. The molecule has 7 heteroatoms. The van der Waals surface area contributed by atoms with E-state index in [1.54, 1.807) is 6.07 Å². The highest BCUT2D eigenvalue weighted by Gasteiger charge is 2.29. The second-order valence-corrected chi connectivity index (χ2v) is 6.17. The molecule has 3 heterocycles. The summed E-state index contributed by atoms with van der Waals surface area (Å²) in [5.74, 6) is 2.29. The van der Waals surface area contributed by atoms with Gasteiger partial charge >= 0.3 is 0 Å². The number of nitrogens with zero attached hydrogens (tertiary/aromatic N) is 4. The molecule has 0 saturated carbocycles. The number of ether oxygens (including phenoxy) is 1. The third kappa shape index (κ3) is 3.72. The smallest absolute Gasteiger partial charge is 0.254 e. The van der Waals surface area contributed by atoms with E-state index in [9.17, 15) is 4.79 Å². The maximum atomic E-state index is 12.4. The van der Waals surface area contributed by atoms with Crippen molar-refractivity contribution < 1.29 is 14.1 Å². The lowest BCUT2D eigenvalue weighted by Crippen LogP contribution is -2.28. The average molecular weight is 330 g/mol. The number of rotatable bonds is 5. The molecule has 1 saturated heterocycles. The molecule has 0 aliphatic carbocycles. The van der Waals surface area contributed by atoms with Crippen molar-refractivity contribution in [2.24, 2.45) is 0 Å². The molecular weight excluding hydrogens is 308 g/mol. The van der Waals surface area contributed by atoms with Gasteiger partial charge < -0.3 is 14.2 Å². The molecule has 24 heavy (non-hydrogen) atoms. The Balaban J connectivity index is 1.55. The lowest BCUT2D eigenvalue weighted by Gasteiger charge is -2.16. The van der Waals surface area contributed by atoms with Gasteiger partial charge in [0.25, 0.3) is 5.88 Å². The summed E-state index contributed by atoms with van der Waals surface area (Å²) < 4.78 is 10.1. The van der Waals surface area contributed by atoms with Crippen molar-refractivity contribution in [2.45, 2.75) is 39.0 Å². The third-order valence-corrected chi connectivity index (χ3v) is 4.24. The van der Waals surface area contributed by atoms with Gasteiger partial charge in [-0.05, 0) is 31.5 Å². The SMILES string of the molecule is COc1cc(CCC(=O)N2CCC(c3nc(C)cc(C)n3)C2)on1. The van der Waals surface area contributed by atoms with E-state index in [0.717, 1.165) is 30.2 Å². The monoisotopic (exact) mass is 330 g/mol. The largest absolute Gasteiger partial charge is 0.479 e. The minimum absolute atomic E-state index is 0.122. The summed E-state index contributed by atoms with van der Waals surface area (Å²) in [4.78, 5) is 23.3. The summed E-state index contributed by atoms with van der Waals surface area (Å²) >= 11 is 0. The average Bonchev–Trinajstić information content (AvgIpc) is 3.21. The molecule has 1 aliphatic rings. The highest BCUT2D eigenvalue weighted by atomic mass is 16.5. The zero-order valence-corrected chi connectivity index (χ0v) is 14.3. The Bertz CT molecular complexity index is 708. The topological polar surface area (TPSA) is 81.4 Å². The van der Waals surface area contributed by atoms with Crippen LogP contribution < -0.4 is 4.74 Å². The Morgan fingerprint density at radius 3 is 2.75 bits per heavy atom. The van der Waals surface area contributed by atoms with E-state index in [1.807, 2.05) is 24.8 Å². The quantitative estimate of drug-likeness (QED) is 0.834. The first-order valence-electron chi connectivity index (χ1n) is 8.14. The summed E-state index contributed by atoms with van der Waals surface area (Å²) in [6.45, 7) is 5.38. The van der Waals surface area contributed by atoms with Crippen LogP contribution in [-0.4, -0.2) is 46.1 Å². The molecule has 128 valence electrons. The maximum Gasteiger partial charge on any atom is 0.254 e. The molecule has 3 rings (SSSR count). The predicted molar refractivity (Wildman–Crippen MR) is 86.8 cm³/mol. The van der Waals surface area contributed by atoms with Crippen molar-refractivity contribution in [1.29, 1.82) is 0 Å². The van der Waals surface area contributed by atoms with Crippen molar-refractivity contribution >= 4 is 5.91 Å². The van der Waals surface area contributed by atoms with E-state index in [0.29, 0.717) is 31.0 Å². The second kappa shape index (κ2) is 6.98. The number of aryl methyl sites for hydroxylation is 3. The van der Waals surface area contributed by atoms with Crippen molar-refractivity contribution in [3.8, 4) is 5.88 Å². The lowest BCUT2D eigenvalue weighted by atomic mass is 10.1. The number of likely N-dealkylation sites (tertiary alicyclic amines) is 1. The van der Waals surface area contributed by atoms with Gasteiger partial charge in [-0.15, -0.1) is 0 Å². The van der Waals surface area contributed by atoms with E-state index in [4.69, 9.17) is 9.26 Å². The molecule has 1 atom stereocenters. The van der Waals surface area contributed by atoms with Crippen molar-refractivity contribution in [3.63, 3.8) is 0 Å². The van der Waals surface area contributed by atoms with Crippen molar-refractivity contribution in [1.82, 2.24) is 20.0 Å². The van der Waals surface area contributed by atoms with Crippen LogP contribution in [0, 0.1) is 13.8 Å². The van der Waals surface area contributed by atoms with Crippen LogP contribution in [0.3, 0.4) is 0 Å². The number of carbonyl (C=O) groups is 1. The van der Waals surface area contributed by atoms with Gasteiger partial charge in [-0.3, -0.25) is 4.79 Å². The summed E-state index contributed by atoms with van der Waals surface area (Å²) in [5, 5.41) is 3.74. The van der Waals surface area contributed by atoms with E-state index < -0.39 is 0 Å². The summed E-state index contributed by atoms with van der Waals surface area (Å²) in [7, 11) is 1.53. The first-order valence-corrected chi connectivity index (χ1v) is 8.14. The second-order valence-electron chi connectivity index (χ2n) is 6.17. The molecule has 0 N–H and O–H groups in total. The van der Waals surface area contributed by atoms with Crippen LogP contribution >= 0.6 is 0 Å². The first kappa shape index (κ1) is 16.4. The van der Waals surface area contributed by atoms with E-state index in [-0.39, 0.29) is 11.8 Å². The van der Waals surface area contributed by atoms with Gasteiger partial charge in [-0.2, -0.15) is 0 Å². The minimum Gasteiger partial charge on any atom is -0.479 e. The molecule has 1 amide bonds. The highest BCUT2D eigenvalue weighted by Crippen LogP contribution is 2.26. The zero-order chi connectivity index (χ0) is 17.1. The number of hydrogen-bond donors (Lipinski definition) is 0. The molecule has 2 aromatic heterocycles. The fourth-order valence-corrected chi connectivity index (χ4v) is 3.03. The van der Waals surface area contributed by atoms with E-state index in [1.165, 1.54) is 7.11 Å². The van der Waals surface area contributed by atoms with Crippen molar-refractivity contribution in [3.05, 3.63) is 35.1 Å². The fraction of sp³-hybridized carbons (Fsp3) is 0.529. The number of aromatic nitrogens is 3.